The van der Waals surface area contributed by atoms with Crippen molar-refractivity contribution in [2.45, 2.75) is 20.3 Å². The molecule has 2 aromatic carbocycles. The number of benzene rings is 2. The molecule has 1 aliphatic heterocycles. The number of carboxylic acid groups (broad SMARTS) is 1. The fraction of sp³-hybridized carbons (Fsp3) is 0.296. The van der Waals surface area contributed by atoms with Gasteiger partial charge in [-0.1, -0.05) is 30.7 Å². The second kappa shape index (κ2) is 9.93. The van der Waals surface area contributed by atoms with Crippen molar-refractivity contribution in [1.29, 1.82) is 0 Å². The molecule has 4 aromatic rings. The highest BCUT2D eigenvalue weighted by Gasteiger charge is 2.21. The number of carbonyl (C=O) groups is 1. The van der Waals surface area contributed by atoms with Crippen LogP contribution in [0.25, 0.3) is 31.9 Å². The molecule has 0 unspecified atom stereocenters. The Morgan fingerprint density at radius 2 is 1.83 bits per heavy atom. The van der Waals surface area contributed by atoms with Crippen LogP contribution in [-0.4, -0.2) is 58.7 Å². The van der Waals surface area contributed by atoms with Crippen LogP contribution < -0.4 is 4.90 Å². The standard InChI is InChI=1S/C27H27ClN4O2S/c1-3-31-10-12-32(13-11-31)23-15-19(8-9-29-23)27-30-22-14-17(2)21(16-24(33)34)25(26(22)35-27)18-4-6-20(28)7-5-18/h4-9,14-15H,3,10-13,16H2,1-2H3,(H,33,34). The van der Waals surface area contributed by atoms with Crippen molar-refractivity contribution in [3.8, 4) is 21.7 Å². The molecule has 3 heterocycles. The highest BCUT2D eigenvalue weighted by atomic mass is 35.5. The molecule has 0 aliphatic carbocycles. The minimum absolute atomic E-state index is 0.0455. The Kier molecular flexibility index (Phi) is 6.73. The van der Waals surface area contributed by atoms with Gasteiger partial charge in [-0.05, 0) is 60.5 Å². The zero-order chi connectivity index (χ0) is 24.5. The Hall–Kier alpha value is -3.00. The first-order valence-electron chi connectivity index (χ1n) is 11.8. The summed E-state index contributed by atoms with van der Waals surface area (Å²) < 4.78 is 0.985. The Bertz CT molecular complexity index is 1380. The first kappa shape index (κ1) is 23.7. The van der Waals surface area contributed by atoms with Crippen LogP contribution in [0, 0.1) is 6.92 Å². The summed E-state index contributed by atoms with van der Waals surface area (Å²) in [6, 6.07) is 13.7. The maximum absolute atomic E-state index is 11.7. The molecule has 6 nitrogen and oxygen atoms in total. The molecule has 5 rings (SSSR count). The summed E-state index contributed by atoms with van der Waals surface area (Å²) >= 11 is 7.73. The second-order valence-corrected chi connectivity index (χ2v) is 10.3. The Balaban J connectivity index is 1.59. The molecule has 0 amide bonds. The van der Waals surface area contributed by atoms with Crippen LogP contribution in [0.4, 0.5) is 5.82 Å². The van der Waals surface area contributed by atoms with Gasteiger partial charge in [0.1, 0.15) is 10.8 Å². The molecule has 1 fully saturated rings. The normalized spacial score (nSPS) is 14.5. The number of pyridine rings is 1. The van der Waals surface area contributed by atoms with Crippen molar-refractivity contribution < 1.29 is 9.90 Å². The monoisotopic (exact) mass is 506 g/mol. The number of aliphatic carboxylic acids is 1. The molecule has 1 N–H and O–H groups in total. The average molecular weight is 507 g/mol. The van der Waals surface area contributed by atoms with Gasteiger partial charge in [-0.3, -0.25) is 4.79 Å². The van der Waals surface area contributed by atoms with Gasteiger partial charge < -0.3 is 14.9 Å². The summed E-state index contributed by atoms with van der Waals surface area (Å²) in [7, 11) is 0. The summed E-state index contributed by atoms with van der Waals surface area (Å²) in [5, 5.41) is 11.1. The van der Waals surface area contributed by atoms with Crippen molar-refractivity contribution in [2.75, 3.05) is 37.6 Å². The lowest BCUT2D eigenvalue weighted by atomic mass is 9.93. The first-order chi connectivity index (χ1) is 16.9. The summed E-state index contributed by atoms with van der Waals surface area (Å²) in [6.07, 6.45) is 1.81. The number of nitrogens with zero attached hydrogens (tertiary/aromatic N) is 4. The topological polar surface area (TPSA) is 69.6 Å². The van der Waals surface area contributed by atoms with Gasteiger partial charge in [0.2, 0.25) is 0 Å². The van der Waals surface area contributed by atoms with Crippen molar-refractivity contribution in [3.63, 3.8) is 0 Å². The van der Waals surface area contributed by atoms with E-state index in [0.29, 0.717) is 5.02 Å². The number of anilines is 1. The number of thiazole rings is 1. The van der Waals surface area contributed by atoms with Crippen LogP contribution in [0.5, 0.6) is 0 Å². The number of piperazine rings is 1. The third-order valence-corrected chi connectivity index (χ3v) is 8.00. The van der Waals surface area contributed by atoms with E-state index in [9.17, 15) is 9.90 Å². The lowest BCUT2D eigenvalue weighted by molar-refractivity contribution is -0.136. The molecule has 1 saturated heterocycles. The fourth-order valence-electron chi connectivity index (χ4n) is 4.68. The number of fused-ring (bicyclic) bond motifs is 1. The van der Waals surface area contributed by atoms with E-state index in [1.54, 1.807) is 11.3 Å². The van der Waals surface area contributed by atoms with E-state index in [1.807, 2.05) is 49.5 Å². The van der Waals surface area contributed by atoms with E-state index in [1.165, 1.54) is 0 Å². The number of halogens is 1. The Morgan fingerprint density at radius 3 is 2.51 bits per heavy atom. The van der Waals surface area contributed by atoms with E-state index in [-0.39, 0.29) is 6.42 Å². The maximum Gasteiger partial charge on any atom is 0.307 e. The highest BCUT2D eigenvalue weighted by Crippen LogP contribution is 2.41. The van der Waals surface area contributed by atoms with E-state index in [0.717, 1.165) is 81.6 Å². The lowest BCUT2D eigenvalue weighted by Crippen LogP contribution is -2.46. The number of hydrogen-bond donors (Lipinski definition) is 1. The summed E-state index contributed by atoms with van der Waals surface area (Å²) in [6.45, 7) is 9.23. The third kappa shape index (κ3) is 4.89. The van der Waals surface area contributed by atoms with Crippen LogP contribution in [-0.2, 0) is 11.2 Å². The molecule has 0 spiro atoms. The average Bonchev–Trinajstić information content (AvgIpc) is 3.28. The predicted molar refractivity (Wildman–Crippen MR) is 144 cm³/mol. The van der Waals surface area contributed by atoms with Crippen LogP contribution in [0.2, 0.25) is 5.02 Å². The number of hydrogen-bond acceptors (Lipinski definition) is 6. The van der Waals surface area contributed by atoms with Crippen molar-refractivity contribution in [2.24, 2.45) is 0 Å². The molecule has 0 saturated carbocycles. The molecule has 2 aromatic heterocycles. The van der Waals surface area contributed by atoms with Gasteiger partial charge in [0.25, 0.3) is 0 Å². The molecule has 1 aliphatic rings. The quantitative estimate of drug-likeness (QED) is 0.359. The minimum atomic E-state index is -0.852. The van der Waals surface area contributed by atoms with Crippen LogP contribution in [0.3, 0.4) is 0 Å². The maximum atomic E-state index is 11.7. The van der Waals surface area contributed by atoms with Crippen molar-refractivity contribution in [3.05, 3.63) is 64.8 Å². The Morgan fingerprint density at radius 1 is 1.09 bits per heavy atom. The zero-order valence-electron chi connectivity index (χ0n) is 19.8. The molecular formula is C27H27ClN4O2S. The fourth-order valence-corrected chi connectivity index (χ4v) is 5.94. The number of rotatable bonds is 6. The van der Waals surface area contributed by atoms with Gasteiger partial charge in [-0.25, -0.2) is 9.97 Å². The summed E-state index contributed by atoms with van der Waals surface area (Å²) in [5.74, 6) is 0.118. The van der Waals surface area contributed by atoms with Gasteiger partial charge >= 0.3 is 5.97 Å². The molecular weight excluding hydrogens is 480 g/mol. The molecule has 35 heavy (non-hydrogen) atoms. The molecule has 8 heteroatoms. The van der Waals surface area contributed by atoms with Crippen LogP contribution >= 0.6 is 22.9 Å². The smallest absolute Gasteiger partial charge is 0.307 e. The zero-order valence-corrected chi connectivity index (χ0v) is 21.4. The largest absolute Gasteiger partial charge is 0.481 e. The first-order valence-corrected chi connectivity index (χ1v) is 13.0. The van der Waals surface area contributed by atoms with Gasteiger partial charge in [-0.2, -0.15) is 0 Å². The molecule has 0 bridgehead atoms. The number of aryl methyl sites for hydroxylation is 1. The second-order valence-electron chi connectivity index (χ2n) is 8.82. The van der Waals surface area contributed by atoms with Crippen LogP contribution in [0.1, 0.15) is 18.1 Å². The predicted octanol–water partition coefficient (Wildman–Crippen LogP) is 5.76. The number of likely N-dealkylation sites (N-methyl/N-ethyl adjacent to an activating group) is 1. The van der Waals surface area contributed by atoms with Crippen LogP contribution in [0.15, 0.2) is 48.7 Å². The SMILES string of the molecule is CCN1CCN(c2cc(-c3nc4cc(C)c(CC(=O)O)c(-c5ccc(Cl)cc5)c4s3)ccn2)CC1. The van der Waals surface area contributed by atoms with E-state index in [4.69, 9.17) is 16.6 Å². The van der Waals surface area contributed by atoms with Gasteiger partial charge in [0.15, 0.2) is 0 Å². The summed E-state index contributed by atoms with van der Waals surface area (Å²) in [5.41, 5.74) is 5.49. The van der Waals surface area contributed by atoms with Gasteiger partial charge in [0.05, 0.1) is 16.6 Å². The highest BCUT2D eigenvalue weighted by molar-refractivity contribution is 7.22. The number of carboxylic acids is 1. The lowest BCUT2D eigenvalue weighted by Gasteiger charge is -2.34. The van der Waals surface area contributed by atoms with Crippen molar-refractivity contribution in [1.82, 2.24) is 14.9 Å². The number of aromatic nitrogens is 2. The third-order valence-electron chi connectivity index (χ3n) is 6.61. The minimum Gasteiger partial charge on any atom is -0.481 e. The van der Waals surface area contributed by atoms with E-state index in [2.05, 4.69) is 27.8 Å². The van der Waals surface area contributed by atoms with E-state index >= 15 is 0 Å². The van der Waals surface area contributed by atoms with Gasteiger partial charge in [0, 0.05) is 48.5 Å². The molecule has 0 atom stereocenters. The van der Waals surface area contributed by atoms with Gasteiger partial charge in [-0.15, -0.1) is 11.3 Å². The molecule has 180 valence electrons. The van der Waals surface area contributed by atoms with E-state index < -0.39 is 5.97 Å². The Labute approximate surface area is 213 Å². The summed E-state index contributed by atoms with van der Waals surface area (Å²) in [4.78, 5) is 26.1. The van der Waals surface area contributed by atoms with Crippen molar-refractivity contribution >= 4 is 44.9 Å². The molecule has 0 radical (unpaired) electrons.